The van der Waals surface area contributed by atoms with E-state index < -0.39 is 0 Å². The number of phenolic OH excluding ortho intramolecular Hbond substituents is 2. The van der Waals surface area contributed by atoms with Gasteiger partial charge in [0, 0.05) is 35.3 Å². The lowest BCUT2D eigenvalue weighted by Gasteiger charge is -2.31. The van der Waals surface area contributed by atoms with Crippen molar-refractivity contribution in [3.05, 3.63) is 45.5 Å². The quantitative estimate of drug-likeness (QED) is 0.505. The molecule has 36 heavy (non-hydrogen) atoms. The van der Waals surface area contributed by atoms with Crippen LogP contribution in [0.4, 0.5) is 0 Å². The maximum absolute atomic E-state index is 11.9. The molecule has 2 aliphatic heterocycles. The molecule has 0 atom stereocenters. The van der Waals surface area contributed by atoms with E-state index in [4.69, 9.17) is 0 Å². The lowest BCUT2D eigenvalue weighted by atomic mass is 9.78. The van der Waals surface area contributed by atoms with E-state index >= 15 is 0 Å². The highest BCUT2D eigenvalue weighted by atomic mass is 16.3. The first-order valence-electron chi connectivity index (χ1n) is 14.9. The largest absolute Gasteiger partial charge is 0.507 e. The number of phenols is 2. The van der Waals surface area contributed by atoms with Gasteiger partial charge in [0.25, 0.3) is 0 Å². The minimum Gasteiger partial charge on any atom is -0.507 e. The Morgan fingerprint density at radius 1 is 0.500 bits per heavy atom. The number of piperidine rings is 2. The Bertz CT molecular complexity index is 1010. The van der Waals surface area contributed by atoms with E-state index in [1.165, 1.54) is 86.5 Å². The van der Waals surface area contributed by atoms with Crippen LogP contribution >= 0.6 is 0 Å². The van der Waals surface area contributed by atoms with Gasteiger partial charge in [-0.1, -0.05) is 25.0 Å². The molecule has 2 aromatic rings. The van der Waals surface area contributed by atoms with Crippen LogP contribution in [-0.2, 0) is 38.8 Å². The van der Waals surface area contributed by atoms with Crippen LogP contribution in [0.25, 0.3) is 11.1 Å². The van der Waals surface area contributed by atoms with Crippen LogP contribution in [-0.4, -0.2) is 46.2 Å². The molecule has 0 aromatic heterocycles. The van der Waals surface area contributed by atoms with Crippen molar-refractivity contribution in [2.24, 2.45) is 0 Å². The molecule has 0 bridgehead atoms. The van der Waals surface area contributed by atoms with E-state index in [2.05, 4.69) is 21.9 Å². The van der Waals surface area contributed by atoms with Crippen LogP contribution in [0.5, 0.6) is 11.5 Å². The molecular formula is C32H44N2O2. The molecule has 0 unspecified atom stereocenters. The number of fused-ring (bicyclic) bond motifs is 2. The molecule has 0 amide bonds. The van der Waals surface area contributed by atoms with Crippen LogP contribution in [0.3, 0.4) is 0 Å². The zero-order chi connectivity index (χ0) is 24.5. The maximum atomic E-state index is 11.9. The molecule has 4 aliphatic rings. The molecule has 2 saturated heterocycles. The molecule has 2 aromatic carbocycles. The second kappa shape index (κ2) is 10.8. The van der Waals surface area contributed by atoms with Crippen LogP contribution in [0, 0.1) is 0 Å². The number of benzene rings is 2. The number of likely N-dealkylation sites (tertiary alicyclic amines) is 2. The van der Waals surface area contributed by atoms with E-state index in [-0.39, 0.29) is 0 Å². The van der Waals surface area contributed by atoms with Crippen molar-refractivity contribution in [3.8, 4) is 22.6 Å². The SMILES string of the molecule is Oc1c(CN2CCCCC2)cc2c(c1-c1c(O)c(CN3CCCCC3)cc3c1CCCC3)CCCC2. The van der Waals surface area contributed by atoms with Gasteiger partial charge < -0.3 is 10.2 Å². The van der Waals surface area contributed by atoms with Crippen LogP contribution in [0.2, 0.25) is 0 Å². The molecular weight excluding hydrogens is 444 g/mol. The average Bonchev–Trinajstić information content (AvgIpc) is 2.92. The smallest absolute Gasteiger partial charge is 0.128 e. The fourth-order valence-corrected chi connectivity index (χ4v) is 7.41. The third-order valence-corrected chi connectivity index (χ3v) is 9.34. The van der Waals surface area contributed by atoms with Gasteiger partial charge in [-0.2, -0.15) is 0 Å². The van der Waals surface area contributed by atoms with Crippen molar-refractivity contribution in [1.29, 1.82) is 0 Å². The Labute approximate surface area is 217 Å². The number of hydrogen-bond donors (Lipinski definition) is 2. The van der Waals surface area contributed by atoms with Crippen molar-refractivity contribution in [1.82, 2.24) is 9.80 Å². The van der Waals surface area contributed by atoms with Gasteiger partial charge in [-0.3, -0.25) is 9.80 Å². The van der Waals surface area contributed by atoms with Gasteiger partial charge in [0.2, 0.25) is 0 Å². The minimum absolute atomic E-state index is 0.444. The number of nitrogens with zero attached hydrogens (tertiary/aromatic N) is 2. The molecule has 2 heterocycles. The van der Waals surface area contributed by atoms with Gasteiger partial charge >= 0.3 is 0 Å². The first kappa shape index (κ1) is 24.3. The summed E-state index contributed by atoms with van der Waals surface area (Å²) in [5, 5.41) is 23.8. The number of aryl methyl sites for hydroxylation is 2. The second-order valence-corrected chi connectivity index (χ2v) is 11.9. The molecule has 4 heteroatoms. The zero-order valence-corrected chi connectivity index (χ0v) is 22.1. The number of hydrogen-bond acceptors (Lipinski definition) is 4. The van der Waals surface area contributed by atoms with Crippen molar-refractivity contribution in [3.63, 3.8) is 0 Å². The molecule has 2 fully saturated rings. The predicted molar refractivity (Wildman–Crippen MR) is 147 cm³/mol. The standard InChI is InChI=1S/C32H44N2O2/c35-31-25(21-33-15-7-1-8-16-33)19-23-11-3-5-13-27(23)29(31)30-28-14-6-4-12-24(28)20-26(32(30)36)22-34-17-9-2-10-18-34/h19-20,35-36H,1-18,21-22H2. The molecule has 0 spiro atoms. The van der Waals surface area contributed by atoms with Crippen molar-refractivity contribution >= 4 is 0 Å². The van der Waals surface area contributed by atoms with E-state index in [1.807, 2.05) is 0 Å². The number of aromatic hydroxyl groups is 2. The molecule has 4 nitrogen and oxygen atoms in total. The molecule has 0 saturated carbocycles. The Kier molecular flexibility index (Phi) is 7.26. The molecule has 6 rings (SSSR count). The highest BCUT2D eigenvalue weighted by molar-refractivity contribution is 5.85. The van der Waals surface area contributed by atoms with Crippen molar-refractivity contribution in [2.45, 2.75) is 103 Å². The topological polar surface area (TPSA) is 46.9 Å². The second-order valence-electron chi connectivity index (χ2n) is 11.9. The summed E-state index contributed by atoms with van der Waals surface area (Å²) >= 11 is 0. The summed E-state index contributed by atoms with van der Waals surface area (Å²) in [6, 6.07) is 4.62. The van der Waals surface area contributed by atoms with Gasteiger partial charge in [0.15, 0.2) is 0 Å². The van der Waals surface area contributed by atoms with Crippen molar-refractivity contribution in [2.75, 3.05) is 26.2 Å². The molecule has 194 valence electrons. The minimum atomic E-state index is 0.444. The third kappa shape index (κ3) is 4.79. The van der Waals surface area contributed by atoms with Crippen LogP contribution in [0.1, 0.15) is 97.6 Å². The summed E-state index contributed by atoms with van der Waals surface area (Å²) in [4.78, 5) is 5.03. The maximum Gasteiger partial charge on any atom is 0.128 e. The fourth-order valence-electron chi connectivity index (χ4n) is 7.41. The highest BCUT2D eigenvalue weighted by Gasteiger charge is 2.29. The number of rotatable bonds is 5. The van der Waals surface area contributed by atoms with E-state index in [0.29, 0.717) is 11.5 Å². The lowest BCUT2D eigenvalue weighted by molar-refractivity contribution is 0.218. The monoisotopic (exact) mass is 488 g/mol. The van der Waals surface area contributed by atoms with E-state index in [9.17, 15) is 10.2 Å². The van der Waals surface area contributed by atoms with E-state index in [0.717, 1.165) is 87.2 Å². The van der Waals surface area contributed by atoms with E-state index in [1.54, 1.807) is 0 Å². The Balaban J connectivity index is 1.49. The summed E-state index contributed by atoms with van der Waals surface area (Å²) in [6.07, 6.45) is 16.6. The first-order valence-corrected chi connectivity index (χ1v) is 14.9. The van der Waals surface area contributed by atoms with Gasteiger partial charge in [0.05, 0.1) is 0 Å². The molecule has 2 aliphatic carbocycles. The van der Waals surface area contributed by atoms with Crippen LogP contribution in [0.15, 0.2) is 12.1 Å². The fraction of sp³-hybridized carbons (Fsp3) is 0.625. The normalized spacial score (nSPS) is 21.2. The Morgan fingerprint density at radius 3 is 1.31 bits per heavy atom. The van der Waals surface area contributed by atoms with Crippen molar-refractivity contribution < 1.29 is 10.2 Å². The summed E-state index contributed by atoms with van der Waals surface area (Å²) in [6.45, 7) is 6.14. The summed E-state index contributed by atoms with van der Waals surface area (Å²) in [5.41, 5.74) is 9.53. The molecule has 2 N–H and O–H groups in total. The predicted octanol–water partition coefficient (Wildman–Crippen LogP) is 6.49. The lowest BCUT2D eigenvalue weighted by Crippen LogP contribution is -2.29. The summed E-state index contributed by atoms with van der Waals surface area (Å²) in [7, 11) is 0. The highest BCUT2D eigenvalue weighted by Crippen LogP contribution is 2.49. The Hall–Kier alpha value is -2.04. The summed E-state index contributed by atoms with van der Waals surface area (Å²) < 4.78 is 0. The first-order chi connectivity index (χ1) is 17.7. The van der Waals surface area contributed by atoms with Gasteiger partial charge in [0.1, 0.15) is 11.5 Å². The zero-order valence-electron chi connectivity index (χ0n) is 22.1. The van der Waals surface area contributed by atoms with Gasteiger partial charge in [-0.25, -0.2) is 0 Å². The van der Waals surface area contributed by atoms with Gasteiger partial charge in [-0.05, 0) is 125 Å². The summed E-state index contributed by atoms with van der Waals surface area (Å²) in [5.74, 6) is 0.888. The molecule has 0 radical (unpaired) electrons. The average molecular weight is 489 g/mol. The third-order valence-electron chi connectivity index (χ3n) is 9.34. The van der Waals surface area contributed by atoms with Crippen LogP contribution < -0.4 is 0 Å². The van der Waals surface area contributed by atoms with Gasteiger partial charge in [-0.15, -0.1) is 0 Å². The Morgan fingerprint density at radius 2 is 0.889 bits per heavy atom.